The fraction of sp³-hybridized carbons (Fsp3) is 0.611. The van der Waals surface area contributed by atoms with Crippen LogP contribution in [-0.2, 0) is 4.79 Å². The fourth-order valence-corrected chi connectivity index (χ4v) is 4.48. The van der Waals surface area contributed by atoms with Crippen LogP contribution in [0.4, 0.5) is 0 Å². The van der Waals surface area contributed by atoms with E-state index in [0.717, 1.165) is 32.1 Å². The molecule has 1 aromatic carbocycles. The average molecular weight is 272 g/mol. The third-order valence-electron chi connectivity index (χ3n) is 5.44. The summed E-state index contributed by atoms with van der Waals surface area (Å²) in [6, 6.07) is 10.7. The highest BCUT2D eigenvalue weighted by molar-refractivity contribution is 5.71. The summed E-state index contributed by atoms with van der Waals surface area (Å²) in [7, 11) is 0. The van der Waals surface area contributed by atoms with Gasteiger partial charge < -0.3 is 5.11 Å². The zero-order valence-electron chi connectivity index (χ0n) is 12.0. The maximum atomic E-state index is 11.7. The van der Waals surface area contributed by atoms with Crippen LogP contribution in [0.5, 0.6) is 0 Å². The van der Waals surface area contributed by atoms with Gasteiger partial charge in [-0.1, -0.05) is 43.2 Å². The molecule has 108 valence electrons. The minimum atomic E-state index is -0.546. The molecule has 2 heteroatoms. The highest BCUT2D eigenvalue weighted by Gasteiger charge is 2.40. The number of hydrogen-bond donors (Lipinski definition) is 1. The van der Waals surface area contributed by atoms with Gasteiger partial charge in [0.05, 0.1) is 5.92 Å². The molecule has 2 nitrogen and oxygen atoms in total. The number of rotatable bonds is 2. The first-order valence-electron chi connectivity index (χ1n) is 8.03. The molecule has 2 aliphatic rings. The number of carbonyl (C=O) groups is 1. The molecule has 1 N–H and O–H groups in total. The number of benzene rings is 1. The summed E-state index contributed by atoms with van der Waals surface area (Å²) in [4.78, 5) is 11.7. The minimum absolute atomic E-state index is 0.0915. The Morgan fingerprint density at radius 1 is 0.950 bits per heavy atom. The summed E-state index contributed by atoms with van der Waals surface area (Å²) in [5.41, 5.74) is 1.41. The molecule has 2 bridgehead atoms. The Labute approximate surface area is 121 Å². The predicted octanol–water partition coefficient (Wildman–Crippen LogP) is 4.46. The number of aliphatic carboxylic acids is 1. The minimum Gasteiger partial charge on any atom is -0.481 e. The molecule has 2 saturated carbocycles. The van der Waals surface area contributed by atoms with Crippen molar-refractivity contribution in [3.63, 3.8) is 0 Å². The molecule has 20 heavy (non-hydrogen) atoms. The Morgan fingerprint density at radius 3 is 2.35 bits per heavy atom. The van der Waals surface area contributed by atoms with Gasteiger partial charge in [0.25, 0.3) is 0 Å². The van der Waals surface area contributed by atoms with Crippen LogP contribution >= 0.6 is 0 Å². The molecule has 0 saturated heterocycles. The highest BCUT2D eigenvalue weighted by atomic mass is 16.4. The molecule has 0 aromatic heterocycles. The van der Waals surface area contributed by atoms with Crippen LogP contribution in [0.2, 0.25) is 0 Å². The van der Waals surface area contributed by atoms with Gasteiger partial charge in [-0.2, -0.15) is 0 Å². The molecule has 3 rings (SSSR count). The van der Waals surface area contributed by atoms with Crippen molar-refractivity contribution in [3.05, 3.63) is 35.9 Å². The largest absolute Gasteiger partial charge is 0.481 e. The third kappa shape index (κ3) is 2.74. The summed E-state index contributed by atoms with van der Waals surface area (Å²) >= 11 is 0. The van der Waals surface area contributed by atoms with E-state index >= 15 is 0 Å². The van der Waals surface area contributed by atoms with Crippen molar-refractivity contribution in [3.8, 4) is 0 Å². The second-order valence-electron chi connectivity index (χ2n) is 6.59. The van der Waals surface area contributed by atoms with E-state index in [0.29, 0.717) is 17.8 Å². The molecule has 4 unspecified atom stereocenters. The van der Waals surface area contributed by atoms with Crippen molar-refractivity contribution in [1.29, 1.82) is 0 Å². The van der Waals surface area contributed by atoms with Gasteiger partial charge in [0, 0.05) is 0 Å². The molecule has 0 amide bonds. The molecule has 4 atom stereocenters. The lowest BCUT2D eigenvalue weighted by Gasteiger charge is -2.25. The Morgan fingerprint density at radius 2 is 1.65 bits per heavy atom. The predicted molar refractivity (Wildman–Crippen MR) is 79.6 cm³/mol. The summed E-state index contributed by atoms with van der Waals surface area (Å²) in [5, 5.41) is 9.65. The van der Waals surface area contributed by atoms with Crippen LogP contribution in [0, 0.1) is 17.8 Å². The molecule has 2 fully saturated rings. The molecule has 2 aliphatic carbocycles. The van der Waals surface area contributed by atoms with Crippen LogP contribution in [-0.4, -0.2) is 11.1 Å². The lowest BCUT2D eigenvalue weighted by atomic mass is 9.78. The summed E-state index contributed by atoms with van der Waals surface area (Å²) in [6.07, 6.45) is 7.98. The van der Waals surface area contributed by atoms with Gasteiger partial charge in [-0.3, -0.25) is 4.79 Å². The lowest BCUT2D eigenvalue weighted by molar-refractivity contribution is -0.146. The second-order valence-corrected chi connectivity index (χ2v) is 6.59. The first-order valence-corrected chi connectivity index (χ1v) is 8.03. The van der Waals surface area contributed by atoms with Crippen molar-refractivity contribution in [1.82, 2.24) is 0 Å². The zero-order valence-corrected chi connectivity index (χ0v) is 12.0. The van der Waals surface area contributed by atoms with E-state index in [1.54, 1.807) is 0 Å². The van der Waals surface area contributed by atoms with Crippen molar-refractivity contribution in [2.24, 2.45) is 17.8 Å². The SMILES string of the molecule is O=C(O)C1C2CCCCC1CC(c1ccccc1)CC2. The van der Waals surface area contributed by atoms with Gasteiger partial charge in [-0.15, -0.1) is 0 Å². The molecule has 0 aliphatic heterocycles. The van der Waals surface area contributed by atoms with Crippen molar-refractivity contribution < 1.29 is 9.90 Å². The Kier molecular flexibility index (Phi) is 4.09. The lowest BCUT2D eigenvalue weighted by Crippen LogP contribution is -2.28. The topological polar surface area (TPSA) is 37.3 Å². The van der Waals surface area contributed by atoms with E-state index in [9.17, 15) is 9.90 Å². The summed E-state index contributed by atoms with van der Waals surface area (Å²) in [6.45, 7) is 0. The van der Waals surface area contributed by atoms with Crippen molar-refractivity contribution >= 4 is 5.97 Å². The molecule has 0 heterocycles. The summed E-state index contributed by atoms with van der Waals surface area (Å²) in [5.74, 6) is 0.717. The monoisotopic (exact) mass is 272 g/mol. The number of hydrogen-bond acceptors (Lipinski definition) is 1. The molecular formula is C18H24O2. The zero-order chi connectivity index (χ0) is 13.9. The highest BCUT2D eigenvalue weighted by Crippen LogP contribution is 2.46. The number of carboxylic acid groups (broad SMARTS) is 1. The maximum Gasteiger partial charge on any atom is 0.307 e. The van der Waals surface area contributed by atoms with E-state index in [2.05, 4.69) is 30.3 Å². The quantitative estimate of drug-likeness (QED) is 0.863. The average Bonchev–Trinajstić information content (AvgIpc) is 2.78. The Balaban J connectivity index is 1.85. The van der Waals surface area contributed by atoms with Gasteiger partial charge >= 0.3 is 5.97 Å². The Bertz CT molecular complexity index is 454. The first kappa shape index (κ1) is 13.7. The van der Waals surface area contributed by atoms with Crippen molar-refractivity contribution in [2.75, 3.05) is 0 Å². The van der Waals surface area contributed by atoms with Gasteiger partial charge in [0.2, 0.25) is 0 Å². The summed E-state index contributed by atoms with van der Waals surface area (Å²) < 4.78 is 0. The Hall–Kier alpha value is -1.31. The number of carboxylic acids is 1. The van der Waals surface area contributed by atoms with Crippen LogP contribution in [0.1, 0.15) is 56.4 Å². The van der Waals surface area contributed by atoms with Gasteiger partial charge in [-0.05, 0) is 55.4 Å². The maximum absolute atomic E-state index is 11.7. The van der Waals surface area contributed by atoms with E-state index in [-0.39, 0.29) is 5.92 Å². The van der Waals surface area contributed by atoms with E-state index in [1.807, 2.05) is 0 Å². The number of fused-ring (bicyclic) bond motifs is 2. The third-order valence-corrected chi connectivity index (χ3v) is 5.44. The first-order chi connectivity index (χ1) is 9.75. The molecule has 0 radical (unpaired) electrons. The van der Waals surface area contributed by atoms with Crippen LogP contribution in [0.25, 0.3) is 0 Å². The van der Waals surface area contributed by atoms with E-state index < -0.39 is 5.97 Å². The van der Waals surface area contributed by atoms with Gasteiger partial charge in [0.15, 0.2) is 0 Å². The smallest absolute Gasteiger partial charge is 0.307 e. The van der Waals surface area contributed by atoms with Crippen LogP contribution in [0.15, 0.2) is 30.3 Å². The van der Waals surface area contributed by atoms with E-state index in [4.69, 9.17) is 0 Å². The molecule has 1 aromatic rings. The van der Waals surface area contributed by atoms with Crippen LogP contribution < -0.4 is 0 Å². The van der Waals surface area contributed by atoms with Gasteiger partial charge in [-0.25, -0.2) is 0 Å². The fourth-order valence-electron chi connectivity index (χ4n) is 4.48. The van der Waals surface area contributed by atoms with E-state index in [1.165, 1.54) is 18.4 Å². The molecule has 0 spiro atoms. The second kappa shape index (κ2) is 5.99. The van der Waals surface area contributed by atoms with Crippen LogP contribution in [0.3, 0.4) is 0 Å². The normalized spacial score (nSPS) is 34.0. The van der Waals surface area contributed by atoms with Crippen molar-refractivity contribution in [2.45, 2.75) is 50.9 Å². The molecular weight excluding hydrogens is 248 g/mol. The standard InChI is InChI=1S/C18H24O2/c19-18(20)17-14-8-4-5-9-16(17)12-15(11-10-14)13-6-2-1-3-7-13/h1-3,6-7,14-17H,4-5,8-12H2,(H,19,20). The van der Waals surface area contributed by atoms with Gasteiger partial charge in [0.1, 0.15) is 0 Å².